The third-order valence-electron chi connectivity index (χ3n) is 3.96. The second kappa shape index (κ2) is 7.12. The van der Waals surface area contributed by atoms with E-state index in [1.165, 1.54) is 0 Å². The first-order valence-electron chi connectivity index (χ1n) is 8.19. The molecule has 0 radical (unpaired) electrons. The maximum absolute atomic E-state index is 12.6. The van der Waals surface area contributed by atoms with Crippen LogP contribution in [0.5, 0.6) is 5.75 Å². The van der Waals surface area contributed by atoms with Gasteiger partial charge in [-0.25, -0.2) is 4.98 Å². The number of nitrogens with one attached hydrogen (secondary N) is 3. The summed E-state index contributed by atoms with van der Waals surface area (Å²) in [5.74, 6) is 1.51. The maximum atomic E-state index is 12.6. The van der Waals surface area contributed by atoms with Crippen LogP contribution in [0.15, 0.2) is 61.1 Å². The molecule has 0 aliphatic heterocycles. The van der Waals surface area contributed by atoms with Crippen LogP contribution < -0.4 is 15.4 Å². The second-order valence-corrected chi connectivity index (χ2v) is 5.73. The van der Waals surface area contributed by atoms with E-state index in [1.807, 2.05) is 24.3 Å². The standard InChI is InChI=1S/C19H16N6O2/c1-27-14-5-6-15-16(10-14)24-25-18(15)23-19(26)12-3-2-4-13(9-12)22-17-11-20-7-8-21-17/h2-11H,1H3,(H,21,22)(H2,23,24,25,26). The minimum absolute atomic E-state index is 0.262. The van der Waals surface area contributed by atoms with Gasteiger partial charge in [-0.3, -0.25) is 14.9 Å². The number of rotatable bonds is 5. The fourth-order valence-corrected chi connectivity index (χ4v) is 2.65. The van der Waals surface area contributed by atoms with Gasteiger partial charge in [0.05, 0.1) is 18.8 Å². The van der Waals surface area contributed by atoms with Gasteiger partial charge in [-0.2, -0.15) is 5.10 Å². The molecule has 8 heteroatoms. The van der Waals surface area contributed by atoms with E-state index in [1.54, 1.807) is 43.9 Å². The molecule has 0 aliphatic rings. The third kappa shape index (κ3) is 3.54. The van der Waals surface area contributed by atoms with Crippen LogP contribution in [0.3, 0.4) is 0 Å². The molecule has 2 heterocycles. The Morgan fingerprint density at radius 2 is 2.07 bits per heavy atom. The lowest BCUT2D eigenvalue weighted by atomic mass is 10.2. The Morgan fingerprint density at radius 3 is 2.89 bits per heavy atom. The molecular formula is C19H16N6O2. The second-order valence-electron chi connectivity index (χ2n) is 5.73. The first-order chi connectivity index (χ1) is 13.2. The van der Waals surface area contributed by atoms with Crippen molar-refractivity contribution in [2.45, 2.75) is 0 Å². The average Bonchev–Trinajstić information content (AvgIpc) is 3.11. The van der Waals surface area contributed by atoms with E-state index in [-0.39, 0.29) is 5.91 Å². The molecule has 4 aromatic rings. The number of aromatic amines is 1. The van der Waals surface area contributed by atoms with E-state index in [9.17, 15) is 4.79 Å². The normalized spacial score (nSPS) is 10.6. The predicted molar refractivity (Wildman–Crippen MR) is 102 cm³/mol. The number of benzene rings is 2. The molecule has 0 bridgehead atoms. The highest BCUT2D eigenvalue weighted by atomic mass is 16.5. The summed E-state index contributed by atoms with van der Waals surface area (Å²) in [4.78, 5) is 20.8. The van der Waals surface area contributed by atoms with Crippen LogP contribution in [-0.4, -0.2) is 33.2 Å². The molecule has 0 saturated heterocycles. The number of hydrogen-bond donors (Lipinski definition) is 3. The summed E-state index contributed by atoms with van der Waals surface area (Å²) in [6.45, 7) is 0. The molecule has 8 nitrogen and oxygen atoms in total. The molecule has 0 spiro atoms. The Morgan fingerprint density at radius 1 is 1.15 bits per heavy atom. The number of methoxy groups -OCH3 is 1. The van der Waals surface area contributed by atoms with Crippen LogP contribution >= 0.6 is 0 Å². The zero-order valence-corrected chi connectivity index (χ0v) is 14.4. The van der Waals surface area contributed by atoms with Gasteiger partial charge < -0.3 is 15.4 Å². The van der Waals surface area contributed by atoms with Crippen molar-refractivity contribution >= 4 is 34.1 Å². The molecule has 3 N–H and O–H groups in total. The molecule has 1 amide bonds. The van der Waals surface area contributed by atoms with Crippen molar-refractivity contribution < 1.29 is 9.53 Å². The van der Waals surface area contributed by atoms with Crippen LogP contribution in [0.1, 0.15) is 10.4 Å². The molecule has 0 saturated carbocycles. The highest BCUT2D eigenvalue weighted by molar-refractivity contribution is 6.08. The van der Waals surface area contributed by atoms with Gasteiger partial charge in [0.1, 0.15) is 11.6 Å². The zero-order chi connectivity index (χ0) is 18.6. The highest BCUT2D eigenvalue weighted by Crippen LogP contribution is 2.25. The van der Waals surface area contributed by atoms with Gasteiger partial charge in [0, 0.05) is 35.1 Å². The molecule has 2 aromatic heterocycles. The SMILES string of the molecule is COc1ccc2c(NC(=O)c3cccc(Nc4cnccn4)c3)n[nH]c2c1. The van der Waals surface area contributed by atoms with Gasteiger partial charge in [0.2, 0.25) is 0 Å². The number of anilines is 3. The number of ether oxygens (including phenoxy) is 1. The molecule has 2 aromatic carbocycles. The monoisotopic (exact) mass is 360 g/mol. The fourth-order valence-electron chi connectivity index (χ4n) is 2.65. The number of carbonyl (C=O) groups excluding carboxylic acids is 1. The van der Waals surface area contributed by atoms with E-state index in [0.717, 1.165) is 16.6 Å². The van der Waals surface area contributed by atoms with Crippen LogP contribution in [0, 0.1) is 0 Å². The Kier molecular flexibility index (Phi) is 4.36. The largest absolute Gasteiger partial charge is 0.497 e. The van der Waals surface area contributed by atoms with Crippen LogP contribution in [0.25, 0.3) is 10.9 Å². The Balaban J connectivity index is 1.54. The van der Waals surface area contributed by atoms with E-state index < -0.39 is 0 Å². The Hall–Kier alpha value is -3.94. The number of fused-ring (bicyclic) bond motifs is 1. The van der Waals surface area contributed by atoms with Crippen molar-refractivity contribution in [2.75, 3.05) is 17.7 Å². The van der Waals surface area contributed by atoms with Gasteiger partial charge in [-0.05, 0) is 30.3 Å². The quantitative estimate of drug-likeness (QED) is 0.504. The van der Waals surface area contributed by atoms with Gasteiger partial charge >= 0.3 is 0 Å². The number of H-pyrrole nitrogens is 1. The van der Waals surface area contributed by atoms with E-state index in [0.29, 0.717) is 22.9 Å². The summed E-state index contributed by atoms with van der Waals surface area (Å²) in [5, 5.41) is 13.8. The van der Waals surface area contributed by atoms with Crippen molar-refractivity contribution in [2.24, 2.45) is 0 Å². The van der Waals surface area contributed by atoms with Crippen LogP contribution in [-0.2, 0) is 0 Å². The van der Waals surface area contributed by atoms with Crippen molar-refractivity contribution in [3.63, 3.8) is 0 Å². The maximum Gasteiger partial charge on any atom is 0.256 e. The number of aromatic nitrogens is 4. The lowest BCUT2D eigenvalue weighted by Crippen LogP contribution is -2.12. The molecule has 0 atom stereocenters. The number of amides is 1. The van der Waals surface area contributed by atoms with Gasteiger partial charge in [0.25, 0.3) is 5.91 Å². The summed E-state index contributed by atoms with van der Waals surface area (Å²) in [6.07, 6.45) is 4.80. The van der Waals surface area contributed by atoms with Crippen molar-refractivity contribution in [3.8, 4) is 5.75 Å². The lowest BCUT2D eigenvalue weighted by molar-refractivity contribution is 0.102. The fraction of sp³-hybridized carbons (Fsp3) is 0.0526. The van der Waals surface area contributed by atoms with Gasteiger partial charge in [-0.15, -0.1) is 0 Å². The summed E-state index contributed by atoms with van der Waals surface area (Å²) >= 11 is 0. The third-order valence-corrected chi connectivity index (χ3v) is 3.96. The van der Waals surface area contributed by atoms with Crippen molar-refractivity contribution in [1.29, 1.82) is 0 Å². The van der Waals surface area contributed by atoms with Crippen molar-refractivity contribution in [3.05, 3.63) is 66.6 Å². The summed E-state index contributed by atoms with van der Waals surface area (Å²) in [7, 11) is 1.60. The minimum Gasteiger partial charge on any atom is -0.497 e. The van der Waals surface area contributed by atoms with Crippen LogP contribution in [0.2, 0.25) is 0 Å². The number of carbonyl (C=O) groups is 1. The molecule has 0 unspecified atom stereocenters. The summed E-state index contributed by atoms with van der Waals surface area (Å²) < 4.78 is 5.19. The lowest BCUT2D eigenvalue weighted by Gasteiger charge is -2.07. The first kappa shape index (κ1) is 16.5. The predicted octanol–water partition coefficient (Wildman–Crippen LogP) is 3.36. The van der Waals surface area contributed by atoms with E-state index in [4.69, 9.17) is 4.74 Å². The molecule has 134 valence electrons. The van der Waals surface area contributed by atoms with Gasteiger partial charge in [-0.1, -0.05) is 6.07 Å². The molecule has 4 rings (SSSR count). The smallest absolute Gasteiger partial charge is 0.256 e. The van der Waals surface area contributed by atoms with E-state index >= 15 is 0 Å². The first-order valence-corrected chi connectivity index (χ1v) is 8.19. The number of hydrogen-bond acceptors (Lipinski definition) is 6. The highest BCUT2D eigenvalue weighted by Gasteiger charge is 2.12. The Labute approximate surface area is 154 Å². The molecular weight excluding hydrogens is 344 g/mol. The average molecular weight is 360 g/mol. The van der Waals surface area contributed by atoms with Crippen LogP contribution in [0.4, 0.5) is 17.3 Å². The molecule has 0 fully saturated rings. The Bertz CT molecular complexity index is 1090. The number of nitrogens with zero attached hydrogens (tertiary/aromatic N) is 3. The topological polar surface area (TPSA) is 105 Å². The van der Waals surface area contributed by atoms with Gasteiger partial charge in [0.15, 0.2) is 5.82 Å². The summed E-state index contributed by atoms with van der Waals surface area (Å²) in [5.41, 5.74) is 2.01. The minimum atomic E-state index is -0.262. The molecule has 27 heavy (non-hydrogen) atoms. The zero-order valence-electron chi connectivity index (χ0n) is 14.4. The summed E-state index contributed by atoms with van der Waals surface area (Å²) in [6, 6.07) is 12.6. The molecule has 0 aliphatic carbocycles. The van der Waals surface area contributed by atoms with Crippen molar-refractivity contribution in [1.82, 2.24) is 20.2 Å². The van der Waals surface area contributed by atoms with E-state index in [2.05, 4.69) is 30.8 Å².